The highest BCUT2D eigenvalue weighted by Crippen LogP contribution is 2.29. The molecule has 9 nitrogen and oxygen atoms in total. The van der Waals surface area contributed by atoms with E-state index in [0.29, 0.717) is 28.2 Å². The third-order valence-electron chi connectivity index (χ3n) is 4.64. The van der Waals surface area contributed by atoms with E-state index in [-0.39, 0.29) is 5.89 Å². The first-order valence-electron chi connectivity index (χ1n) is 8.20. The number of para-hydroxylation sites is 1. The molecule has 5 aromatic rings. The number of halogens is 1. The number of ether oxygens (including phenoxy) is 1. The molecule has 0 aliphatic carbocycles. The van der Waals surface area contributed by atoms with Crippen LogP contribution in [0.25, 0.3) is 33.9 Å². The van der Waals surface area contributed by atoms with Crippen molar-refractivity contribution < 1.29 is 9.26 Å². The van der Waals surface area contributed by atoms with Crippen LogP contribution in [-0.4, -0.2) is 41.2 Å². The van der Waals surface area contributed by atoms with Crippen LogP contribution >= 0.6 is 11.6 Å². The molecule has 0 saturated carbocycles. The van der Waals surface area contributed by atoms with Crippen molar-refractivity contribution in [1.29, 1.82) is 0 Å². The molecule has 0 aliphatic heterocycles. The lowest BCUT2D eigenvalue weighted by Gasteiger charge is -2.17. The van der Waals surface area contributed by atoms with Crippen LogP contribution in [0.1, 0.15) is 19.7 Å². The molecule has 0 aliphatic rings. The second kappa shape index (κ2) is 5.48. The van der Waals surface area contributed by atoms with Gasteiger partial charge in [-0.25, -0.2) is 4.98 Å². The van der Waals surface area contributed by atoms with Gasteiger partial charge < -0.3 is 9.26 Å². The van der Waals surface area contributed by atoms with Crippen molar-refractivity contribution in [2.45, 2.75) is 19.4 Å². The molecule has 4 heterocycles. The van der Waals surface area contributed by atoms with Crippen LogP contribution in [0.2, 0.25) is 5.28 Å². The molecule has 4 aromatic heterocycles. The summed E-state index contributed by atoms with van der Waals surface area (Å²) in [7, 11) is 1.59. The number of hydrogen-bond acceptors (Lipinski definition) is 7. The summed E-state index contributed by atoms with van der Waals surface area (Å²) in [5.74, 6) is 1.06. The van der Waals surface area contributed by atoms with Gasteiger partial charge in [0.15, 0.2) is 5.65 Å². The summed E-state index contributed by atoms with van der Waals surface area (Å²) in [6.07, 6.45) is 1.66. The molecule has 0 fully saturated rings. The minimum atomic E-state index is -0.690. The summed E-state index contributed by atoms with van der Waals surface area (Å²) in [6, 6.07) is 7.77. The Morgan fingerprint density at radius 1 is 1.15 bits per heavy atom. The summed E-state index contributed by atoms with van der Waals surface area (Å²) in [5, 5.41) is 13.9. The van der Waals surface area contributed by atoms with Gasteiger partial charge in [-0.15, -0.1) is 10.2 Å². The van der Waals surface area contributed by atoms with E-state index < -0.39 is 5.60 Å². The van der Waals surface area contributed by atoms with Gasteiger partial charge in [-0.2, -0.15) is 4.98 Å². The summed E-state index contributed by atoms with van der Waals surface area (Å²) in [6.45, 7) is 3.71. The van der Waals surface area contributed by atoms with Gasteiger partial charge in [-0.3, -0.25) is 8.80 Å². The highest BCUT2D eigenvalue weighted by atomic mass is 35.5. The predicted octanol–water partition coefficient (Wildman–Crippen LogP) is 3.12. The average molecular weight is 384 g/mol. The number of hydrogen-bond donors (Lipinski definition) is 0. The molecule has 5 rings (SSSR count). The zero-order chi connectivity index (χ0) is 18.8. The molecule has 27 heavy (non-hydrogen) atoms. The molecule has 0 bridgehead atoms. The summed E-state index contributed by atoms with van der Waals surface area (Å²) < 4.78 is 14.5. The summed E-state index contributed by atoms with van der Waals surface area (Å²) in [4.78, 5) is 8.68. The van der Waals surface area contributed by atoms with Gasteiger partial charge in [0, 0.05) is 12.5 Å². The quantitative estimate of drug-likeness (QED) is 0.472. The van der Waals surface area contributed by atoms with Gasteiger partial charge in [-0.1, -0.05) is 17.3 Å². The molecule has 0 atom stereocenters. The molecule has 0 spiro atoms. The maximum atomic E-state index is 6.33. The molecular weight excluding hydrogens is 370 g/mol. The summed E-state index contributed by atoms with van der Waals surface area (Å²) in [5.41, 5.74) is 1.53. The Balaban J connectivity index is 1.86. The van der Waals surface area contributed by atoms with Gasteiger partial charge in [-0.05, 0) is 37.6 Å². The number of rotatable bonds is 3. The minimum Gasteiger partial charge on any atom is -0.371 e. The van der Waals surface area contributed by atoms with Gasteiger partial charge in [0.25, 0.3) is 5.89 Å². The maximum Gasteiger partial charge on any atom is 0.296 e. The minimum absolute atomic E-state index is 0.233. The largest absolute Gasteiger partial charge is 0.371 e. The number of methoxy groups -OCH3 is 1. The van der Waals surface area contributed by atoms with Crippen molar-refractivity contribution in [3.63, 3.8) is 0 Å². The van der Waals surface area contributed by atoms with Crippen LogP contribution in [0.4, 0.5) is 0 Å². The normalized spacial score (nSPS) is 12.6. The van der Waals surface area contributed by atoms with Gasteiger partial charge in [0.2, 0.25) is 16.9 Å². The Labute approximate surface area is 157 Å². The maximum absolute atomic E-state index is 6.33. The zero-order valence-electron chi connectivity index (χ0n) is 14.7. The Bertz CT molecular complexity index is 1320. The van der Waals surface area contributed by atoms with Crippen molar-refractivity contribution in [3.05, 3.63) is 41.6 Å². The van der Waals surface area contributed by atoms with E-state index in [4.69, 9.17) is 20.9 Å². The molecule has 136 valence electrons. The number of benzene rings is 1. The van der Waals surface area contributed by atoms with Crippen LogP contribution in [0.3, 0.4) is 0 Å². The average Bonchev–Trinajstić information content (AvgIpc) is 3.39. The topological polar surface area (TPSA) is 95.6 Å². The van der Waals surface area contributed by atoms with E-state index in [9.17, 15) is 0 Å². The lowest BCUT2D eigenvalue weighted by atomic mass is 10.1. The fourth-order valence-corrected chi connectivity index (χ4v) is 3.25. The smallest absolute Gasteiger partial charge is 0.296 e. The van der Waals surface area contributed by atoms with Crippen LogP contribution in [0.5, 0.6) is 0 Å². The zero-order valence-corrected chi connectivity index (χ0v) is 15.5. The molecule has 0 unspecified atom stereocenters. The van der Waals surface area contributed by atoms with Gasteiger partial charge >= 0.3 is 0 Å². The number of nitrogens with zero attached hydrogens (tertiary/aromatic N) is 7. The number of imidazole rings is 1. The Hall–Kier alpha value is -3.04. The Kier molecular flexibility index (Phi) is 3.28. The molecular formula is C17H14ClN7O2. The second-order valence-electron chi connectivity index (χ2n) is 6.56. The predicted molar refractivity (Wildman–Crippen MR) is 97.6 cm³/mol. The fraction of sp³-hybridized carbons (Fsp3) is 0.235. The number of aromatic nitrogens is 7. The SMILES string of the molecule is COC(C)(C)c1noc(-c2nnc3c4ccccc4n4c(Cl)ncc4n23)n1. The highest BCUT2D eigenvalue weighted by Gasteiger charge is 2.28. The van der Waals surface area contributed by atoms with E-state index in [1.54, 1.807) is 17.7 Å². The highest BCUT2D eigenvalue weighted by molar-refractivity contribution is 6.29. The Morgan fingerprint density at radius 2 is 1.96 bits per heavy atom. The van der Waals surface area contributed by atoms with Crippen molar-refractivity contribution in [3.8, 4) is 11.7 Å². The van der Waals surface area contributed by atoms with Crippen LogP contribution < -0.4 is 0 Å². The third-order valence-corrected chi connectivity index (χ3v) is 4.91. The monoisotopic (exact) mass is 383 g/mol. The van der Waals surface area contributed by atoms with E-state index in [2.05, 4.69) is 25.3 Å². The fourth-order valence-electron chi connectivity index (χ4n) is 3.02. The van der Waals surface area contributed by atoms with E-state index >= 15 is 0 Å². The molecule has 0 amide bonds. The molecule has 0 N–H and O–H groups in total. The third kappa shape index (κ3) is 2.18. The van der Waals surface area contributed by atoms with Crippen LogP contribution in [0, 0.1) is 0 Å². The van der Waals surface area contributed by atoms with Gasteiger partial charge in [0.05, 0.1) is 11.7 Å². The first kappa shape index (κ1) is 16.2. The van der Waals surface area contributed by atoms with Gasteiger partial charge in [0.1, 0.15) is 11.2 Å². The first-order valence-corrected chi connectivity index (χ1v) is 8.57. The first-order chi connectivity index (χ1) is 13.0. The Morgan fingerprint density at radius 3 is 2.78 bits per heavy atom. The standard InChI is InChI=1S/C17H14ClN7O2/c1-17(2,26-3)15-20-14(27-23-15)13-22-21-12-9-6-4-5-7-10(9)24-11(25(12)13)8-19-16(24)18/h4-8H,1-3H3. The van der Waals surface area contributed by atoms with Crippen molar-refractivity contribution in [2.75, 3.05) is 7.11 Å². The van der Waals surface area contributed by atoms with Crippen LogP contribution in [0.15, 0.2) is 35.0 Å². The lowest BCUT2D eigenvalue weighted by molar-refractivity contribution is 0.00973. The van der Waals surface area contributed by atoms with Crippen molar-refractivity contribution >= 4 is 33.8 Å². The summed E-state index contributed by atoms with van der Waals surface area (Å²) >= 11 is 6.33. The van der Waals surface area contributed by atoms with E-state index in [1.807, 2.05) is 42.5 Å². The van der Waals surface area contributed by atoms with E-state index in [0.717, 1.165) is 10.9 Å². The van der Waals surface area contributed by atoms with Crippen molar-refractivity contribution in [1.82, 2.24) is 34.1 Å². The van der Waals surface area contributed by atoms with Crippen LogP contribution in [-0.2, 0) is 10.3 Å². The van der Waals surface area contributed by atoms with Crippen molar-refractivity contribution in [2.24, 2.45) is 0 Å². The molecule has 10 heteroatoms. The van der Waals surface area contributed by atoms with E-state index in [1.165, 1.54) is 0 Å². The second-order valence-corrected chi connectivity index (χ2v) is 6.90. The molecule has 1 aromatic carbocycles. The number of fused-ring (bicyclic) bond motifs is 6. The molecule has 0 radical (unpaired) electrons. The molecule has 0 saturated heterocycles. The lowest BCUT2D eigenvalue weighted by Crippen LogP contribution is -2.21.